The van der Waals surface area contributed by atoms with Crippen molar-refractivity contribution in [2.24, 2.45) is 0 Å². The van der Waals surface area contributed by atoms with Crippen LogP contribution in [0.1, 0.15) is 19.5 Å². The highest BCUT2D eigenvalue weighted by Gasteiger charge is 2.22. The lowest BCUT2D eigenvalue weighted by atomic mass is 10.2. The molecule has 1 aromatic carbocycles. The van der Waals surface area contributed by atoms with Crippen LogP contribution in [0.4, 0.5) is 0 Å². The van der Waals surface area contributed by atoms with Crippen molar-refractivity contribution in [1.82, 2.24) is 19.5 Å². The first-order valence-corrected chi connectivity index (χ1v) is 11.4. The fourth-order valence-corrected chi connectivity index (χ4v) is 4.90. The molecule has 2 aromatic heterocycles. The van der Waals surface area contributed by atoms with Crippen LogP contribution in [0, 0.1) is 0 Å². The Bertz CT molecular complexity index is 1000. The maximum absolute atomic E-state index is 12.7. The molecular weight excluding hydrogens is 396 g/mol. The second kappa shape index (κ2) is 9.31. The minimum atomic E-state index is -3.54. The van der Waals surface area contributed by atoms with Gasteiger partial charge < -0.3 is 4.42 Å². The van der Waals surface area contributed by atoms with Gasteiger partial charge in [-0.25, -0.2) is 8.42 Å². The zero-order chi connectivity index (χ0) is 20.0. The smallest absolute Gasteiger partial charge is 0.276 e. The summed E-state index contributed by atoms with van der Waals surface area (Å²) in [5.74, 6) is 1.06. The van der Waals surface area contributed by atoms with Crippen LogP contribution in [0.15, 0.2) is 63.2 Å². The van der Waals surface area contributed by atoms with E-state index < -0.39 is 10.0 Å². The molecule has 0 radical (unpaired) electrons. The van der Waals surface area contributed by atoms with E-state index in [2.05, 4.69) is 15.2 Å². The summed E-state index contributed by atoms with van der Waals surface area (Å²) in [6.45, 7) is 4.47. The van der Waals surface area contributed by atoms with Crippen molar-refractivity contribution >= 4 is 21.8 Å². The highest BCUT2D eigenvalue weighted by Crippen LogP contribution is 2.26. The Kier molecular flexibility index (Phi) is 6.82. The lowest BCUT2D eigenvalue weighted by Gasteiger charge is -2.18. The van der Waals surface area contributed by atoms with E-state index in [0.29, 0.717) is 29.8 Å². The predicted molar refractivity (Wildman–Crippen MR) is 109 cm³/mol. The Balaban J connectivity index is 1.71. The SMILES string of the molecule is CCN(CC)S(=O)(=O)c1cccc(-c2nnc(SCCc3ccccn3)o2)c1. The zero-order valence-electron chi connectivity index (χ0n) is 15.8. The maximum Gasteiger partial charge on any atom is 0.276 e. The first kappa shape index (κ1) is 20.5. The van der Waals surface area contributed by atoms with Gasteiger partial charge in [0.1, 0.15) is 0 Å². The largest absolute Gasteiger partial charge is 0.411 e. The van der Waals surface area contributed by atoms with Crippen LogP contribution in [-0.2, 0) is 16.4 Å². The number of sulfonamides is 1. The average Bonchev–Trinajstić information content (AvgIpc) is 3.19. The van der Waals surface area contributed by atoms with Crippen molar-refractivity contribution < 1.29 is 12.8 Å². The highest BCUT2D eigenvalue weighted by atomic mass is 32.2. The third-order valence-electron chi connectivity index (χ3n) is 4.14. The van der Waals surface area contributed by atoms with Gasteiger partial charge in [0.05, 0.1) is 4.90 Å². The van der Waals surface area contributed by atoms with Crippen LogP contribution in [-0.4, -0.2) is 46.7 Å². The number of aryl methyl sites for hydroxylation is 1. The molecule has 3 aromatic rings. The summed E-state index contributed by atoms with van der Waals surface area (Å²) in [7, 11) is -3.54. The molecule has 0 unspecified atom stereocenters. The molecule has 0 aliphatic rings. The van der Waals surface area contributed by atoms with E-state index in [-0.39, 0.29) is 4.90 Å². The van der Waals surface area contributed by atoms with Gasteiger partial charge in [0.25, 0.3) is 5.22 Å². The Morgan fingerprint density at radius 2 is 1.89 bits per heavy atom. The summed E-state index contributed by atoms with van der Waals surface area (Å²) in [6.07, 6.45) is 2.56. The lowest BCUT2D eigenvalue weighted by Crippen LogP contribution is -2.30. The standard InChI is InChI=1S/C19H22N4O3S2/c1-3-23(4-2)28(24,25)17-10-7-8-15(14-17)18-21-22-19(26-18)27-13-11-16-9-5-6-12-20-16/h5-10,12,14H,3-4,11,13H2,1-2H3. The Hall–Kier alpha value is -2.23. The molecule has 0 N–H and O–H groups in total. The van der Waals surface area contributed by atoms with E-state index in [4.69, 9.17) is 4.42 Å². The van der Waals surface area contributed by atoms with Crippen molar-refractivity contribution in [2.45, 2.75) is 30.4 Å². The average molecular weight is 419 g/mol. The number of pyridine rings is 1. The third kappa shape index (κ3) is 4.78. The van der Waals surface area contributed by atoms with Crippen LogP contribution in [0.2, 0.25) is 0 Å². The molecule has 148 valence electrons. The van der Waals surface area contributed by atoms with Crippen molar-refractivity contribution in [2.75, 3.05) is 18.8 Å². The summed E-state index contributed by atoms with van der Waals surface area (Å²) in [5, 5.41) is 8.56. The summed E-state index contributed by atoms with van der Waals surface area (Å²) in [6, 6.07) is 12.4. The number of benzene rings is 1. The Morgan fingerprint density at radius 1 is 1.07 bits per heavy atom. The molecule has 2 heterocycles. The van der Waals surface area contributed by atoms with E-state index in [9.17, 15) is 8.42 Å². The van der Waals surface area contributed by atoms with Crippen LogP contribution in [0.5, 0.6) is 0 Å². The minimum Gasteiger partial charge on any atom is -0.411 e. The van der Waals surface area contributed by atoms with E-state index in [0.717, 1.165) is 17.9 Å². The first-order valence-electron chi connectivity index (χ1n) is 9.01. The fraction of sp³-hybridized carbons (Fsp3) is 0.316. The summed E-state index contributed by atoms with van der Waals surface area (Å²) in [5.41, 5.74) is 1.58. The number of thioether (sulfide) groups is 1. The summed E-state index contributed by atoms with van der Waals surface area (Å²) in [4.78, 5) is 4.50. The Morgan fingerprint density at radius 3 is 2.61 bits per heavy atom. The second-order valence-electron chi connectivity index (χ2n) is 5.91. The molecule has 0 aliphatic carbocycles. The first-order chi connectivity index (χ1) is 13.5. The topological polar surface area (TPSA) is 89.2 Å². The third-order valence-corrected chi connectivity index (χ3v) is 7.01. The number of aromatic nitrogens is 3. The molecule has 0 saturated heterocycles. The monoisotopic (exact) mass is 418 g/mol. The number of hydrogen-bond donors (Lipinski definition) is 0. The fourth-order valence-electron chi connectivity index (χ4n) is 2.68. The molecule has 28 heavy (non-hydrogen) atoms. The van der Waals surface area contributed by atoms with Crippen LogP contribution in [0.3, 0.4) is 0 Å². The van der Waals surface area contributed by atoms with Gasteiger partial charge in [-0.3, -0.25) is 4.98 Å². The van der Waals surface area contributed by atoms with E-state index in [1.807, 2.05) is 32.0 Å². The molecule has 7 nitrogen and oxygen atoms in total. The van der Waals surface area contributed by atoms with Gasteiger partial charge in [0.15, 0.2) is 0 Å². The van der Waals surface area contributed by atoms with E-state index in [1.165, 1.54) is 16.1 Å². The maximum atomic E-state index is 12.7. The molecule has 0 aliphatic heterocycles. The van der Waals surface area contributed by atoms with Gasteiger partial charge in [0.2, 0.25) is 15.9 Å². The normalized spacial score (nSPS) is 11.8. The molecule has 0 bridgehead atoms. The molecule has 0 saturated carbocycles. The van der Waals surface area contributed by atoms with Crippen LogP contribution < -0.4 is 0 Å². The van der Waals surface area contributed by atoms with Gasteiger partial charge in [0, 0.05) is 36.3 Å². The number of rotatable bonds is 9. The van der Waals surface area contributed by atoms with Gasteiger partial charge in [-0.05, 0) is 36.8 Å². The highest BCUT2D eigenvalue weighted by molar-refractivity contribution is 7.99. The number of hydrogen-bond acceptors (Lipinski definition) is 7. The molecule has 0 amide bonds. The van der Waals surface area contributed by atoms with Gasteiger partial charge in [-0.1, -0.05) is 37.7 Å². The quantitative estimate of drug-likeness (QED) is 0.491. The minimum absolute atomic E-state index is 0.219. The van der Waals surface area contributed by atoms with E-state index in [1.54, 1.807) is 30.5 Å². The van der Waals surface area contributed by atoms with Crippen molar-refractivity contribution in [3.05, 3.63) is 54.4 Å². The zero-order valence-corrected chi connectivity index (χ0v) is 17.4. The molecule has 9 heteroatoms. The van der Waals surface area contributed by atoms with Crippen LogP contribution >= 0.6 is 11.8 Å². The molecule has 0 spiro atoms. The van der Waals surface area contributed by atoms with Gasteiger partial charge in [-0.15, -0.1) is 10.2 Å². The van der Waals surface area contributed by atoms with E-state index >= 15 is 0 Å². The lowest BCUT2D eigenvalue weighted by molar-refractivity contribution is 0.445. The van der Waals surface area contributed by atoms with Crippen molar-refractivity contribution in [1.29, 1.82) is 0 Å². The number of nitrogens with zero attached hydrogens (tertiary/aromatic N) is 4. The predicted octanol–water partition coefficient (Wildman–Crippen LogP) is 3.50. The second-order valence-corrected chi connectivity index (χ2v) is 8.89. The van der Waals surface area contributed by atoms with Gasteiger partial charge >= 0.3 is 0 Å². The molecule has 0 fully saturated rings. The molecule has 0 atom stereocenters. The Labute approximate surface area is 169 Å². The summed E-state index contributed by atoms with van der Waals surface area (Å²) >= 11 is 1.45. The van der Waals surface area contributed by atoms with Crippen molar-refractivity contribution in [3.63, 3.8) is 0 Å². The van der Waals surface area contributed by atoms with Crippen LogP contribution in [0.25, 0.3) is 11.5 Å². The van der Waals surface area contributed by atoms with Crippen molar-refractivity contribution in [3.8, 4) is 11.5 Å². The summed E-state index contributed by atoms with van der Waals surface area (Å²) < 4.78 is 32.5. The molecular formula is C19H22N4O3S2. The van der Waals surface area contributed by atoms with Gasteiger partial charge in [-0.2, -0.15) is 4.31 Å². The molecule has 3 rings (SSSR count).